The van der Waals surface area contributed by atoms with Gasteiger partial charge in [-0.05, 0) is 43.2 Å². The molecule has 0 saturated carbocycles. The SMILES string of the molecule is O=C(CNc1cccc(C(F)(F)F)c1)NC1CCN(c2ccc(C(F)(F)F)cn2)CC1. The molecule has 1 saturated heterocycles. The molecule has 2 aromatic rings. The second-order valence-corrected chi connectivity index (χ2v) is 7.16. The number of anilines is 2. The second kappa shape index (κ2) is 9.03. The van der Waals surface area contributed by atoms with Crippen molar-refractivity contribution >= 4 is 17.4 Å². The third kappa shape index (κ3) is 6.25. The Bertz CT molecular complexity index is 890. The zero-order valence-corrected chi connectivity index (χ0v) is 16.2. The molecule has 3 rings (SSSR count). The van der Waals surface area contributed by atoms with Crippen molar-refractivity contribution < 1.29 is 31.1 Å². The Hall–Kier alpha value is -2.98. The first-order chi connectivity index (χ1) is 14.5. The van der Waals surface area contributed by atoms with Crippen molar-refractivity contribution in [3.63, 3.8) is 0 Å². The number of hydrogen-bond acceptors (Lipinski definition) is 4. The van der Waals surface area contributed by atoms with Gasteiger partial charge in [-0.25, -0.2) is 4.98 Å². The average Bonchev–Trinajstić information content (AvgIpc) is 2.72. The van der Waals surface area contributed by atoms with Crippen LogP contribution in [-0.2, 0) is 17.1 Å². The van der Waals surface area contributed by atoms with Gasteiger partial charge in [-0.2, -0.15) is 26.3 Å². The van der Waals surface area contributed by atoms with Gasteiger partial charge in [0.25, 0.3) is 0 Å². The molecule has 1 aliphatic heterocycles. The van der Waals surface area contributed by atoms with Crippen LogP contribution < -0.4 is 15.5 Å². The molecule has 0 atom stereocenters. The number of carbonyl (C=O) groups excluding carboxylic acids is 1. The lowest BCUT2D eigenvalue weighted by Gasteiger charge is -2.33. The molecular formula is C20H20F6N4O. The van der Waals surface area contributed by atoms with E-state index in [1.807, 2.05) is 4.90 Å². The molecule has 0 spiro atoms. The van der Waals surface area contributed by atoms with E-state index >= 15 is 0 Å². The van der Waals surface area contributed by atoms with Crippen LogP contribution in [0.5, 0.6) is 0 Å². The minimum Gasteiger partial charge on any atom is -0.376 e. The van der Waals surface area contributed by atoms with E-state index in [0.29, 0.717) is 31.7 Å². The number of nitrogens with one attached hydrogen (secondary N) is 2. The zero-order valence-electron chi connectivity index (χ0n) is 16.2. The fourth-order valence-electron chi connectivity index (χ4n) is 3.26. The van der Waals surface area contributed by atoms with Crippen molar-refractivity contribution in [3.05, 3.63) is 53.7 Å². The quantitative estimate of drug-likeness (QED) is 0.672. The monoisotopic (exact) mass is 446 g/mol. The lowest BCUT2D eigenvalue weighted by Crippen LogP contribution is -2.46. The van der Waals surface area contributed by atoms with Gasteiger partial charge in [-0.1, -0.05) is 6.07 Å². The van der Waals surface area contributed by atoms with Gasteiger partial charge in [-0.15, -0.1) is 0 Å². The van der Waals surface area contributed by atoms with Crippen molar-refractivity contribution in [2.24, 2.45) is 0 Å². The number of alkyl halides is 6. The molecule has 31 heavy (non-hydrogen) atoms. The summed E-state index contributed by atoms with van der Waals surface area (Å²) in [5.41, 5.74) is -1.43. The normalized spacial score (nSPS) is 15.6. The van der Waals surface area contributed by atoms with Gasteiger partial charge < -0.3 is 15.5 Å². The van der Waals surface area contributed by atoms with Crippen LogP contribution in [0.3, 0.4) is 0 Å². The molecule has 1 aromatic heterocycles. The number of pyridine rings is 1. The van der Waals surface area contributed by atoms with E-state index in [2.05, 4.69) is 15.6 Å². The molecule has 2 heterocycles. The predicted molar refractivity (Wildman–Crippen MR) is 103 cm³/mol. The first-order valence-electron chi connectivity index (χ1n) is 9.51. The van der Waals surface area contributed by atoms with Crippen molar-refractivity contribution in [1.82, 2.24) is 10.3 Å². The third-order valence-electron chi connectivity index (χ3n) is 4.90. The Labute approximate surface area is 174 Å². The van der Waals surface area contributed by atoms with Crippen LogP contribution in [0.15, 0.2) is 42.6 Å². The summed E-state index contributed by atoms with van der Waals surface area (Å²) in [5.74, 6) is 0.0764. The number of aromatic nitrogens is 1. The van der Waals surface area contributed by atoms with Gasteiger partial charge in [0.15, 0.2) is 0 Å². The fourth-order valence-corrected chi connectivity index (χ4v) is 3.26. The zero-order chi connectivity index (χ0) is 22.6. The van der Waals surface area contributed by atoms with Crippen LogP contribution in [0.25, 0.3) is 0 Å². The lowest BCUT2D eigenvalue weighted by molar-refractivity contribution is -0.138. The maximum atomic E-state index is 12.7. The highest BCUT2D eigenvalue weighted by molar-refractivity contribution is 5.81. The topological polar surface area (TPSA) is 57.3 Å². The largest absolute Gasteiger partial charge is 0.417 e. The molecule has 1 aromatic carbocycles. The summed E-state index contributed by atoms with van der Waals surface area (Å²) in [6.45, 7) is 0.830. The van der Waals surface area contributed by atoms with Crippen molar-refractivity contribution in [3.8, 4) is 0 Å². The number of benzene rings is 1. The molecule has 0 bridgehead atoms. The highest BCUT2D eigenvalue weighted by Gasteiger charge is 2.31. The first-order valence-corrected chi connectivity index (χ1v) is 9.51. The van der Waals surface area contributed by atoms with Crippen LogP contribution in [-0.4, -0.2) is 36.6 Å². The van der Waals surface area contributed by atoms with Gasteiger partial charge in [0.1, 0.15) is 5.82 Å². The molecule has 2 N–H and O–H groups in total. The van der Waals surface area contributed by atoms with Gasteiger partial charge in [0, 0.05) is 31.0 Å². The fraction of sp³-hybridized carbons (Fsp3) is 0.400. The Morgan fingerprint density at radius 2 is 1.68 bits per heavy atom. The predicted octanol–water partition coefficient (Wildman–Crippen LogP) is 4.32. The summed E-state index contributed by atoms with van der Waals surface area (Å²) in [5, 5.41) is 5.49. The van der Waals surface area contributed by atoms with Crippen molar-refractivity contribution in [2.75, 3.05) is 29.9 Å². The molecule has 1 fully saturated rings. The molecule has 168 valence electrons. The molecule has 0 radical (unpaired) electrons. The van der Waals surface area contributed by atoms with Gasteiger partial charge in [-0.3, -0.25) is 4.79 Å². The van der Waals surface area contributed by atoms with Crippen molar-refractivity contribution in [2.45, 2.75) is 31.2 Å². The van der Waals surface area contributed by atoms with Crippen LogP contribution in [0.1, 0.15) is 24.0 Å². The number of hydrogen-bond donors (Lipinski definition) is 2. The standard InChI is InChI=1S/C20H20F6N4O/c21-19(22,23)13-2-1-3-16(10-13)27-12-18(31)29-15-6-8-30(9-7-15)17-5-4-14(11-28-17)20(24,25)26/h1-5,10-11,15,27H,6-9,12H2,(H,29,31). The average molecular weight is 446 g/mol. The summed E-state index contributed by atoms with van der Waals surface area (Å²) in [4.78, 5) is 17.8. The maximum absolute atomic E-state index is 12.7. The Morgan fingerprint density at radius 3 is 2.26 bits per heavy atom. The van der Waals surface area contributed by atoms with E-state index in [1.54, 1.807) is 0 Å². The minimum absolute atomic E-state index is 0.137. The summed E-state index contributed by atoms with van der Waals surface area (Å²) in [6, 6.07) is 6.75. The van der Waals surface area contributed by atoms with Crippen molar-refractivity contribution in [1.29, 1.82) is 0 Å². The van der Waals surface area contributed by atoms with Crippen LogP contribution >= 0.6 is 0 Å². The summed E-state index contributed by atoms with van der Waals surface area (Å²) in [7, 11) is 0. The number of piperidine rings is 1. The van der Waals surface area contributed by atoms with E-state index in [0.717, 1.165) is 24.4 Å². The smallest absolute Gasteiger partial charge is 0.376 e. The van der Waals surface area contributed by atoms with Crippen LogP contribution in [0.4, 0.5) is 37.8 Å². The highest BCUT2D eigenvalue weighted by atomic mass is 19.4. The molecule has 0 unspecified atom stereocenters. The number of carbonyl (C=O) groups is 1. The number of halogens is 6. The van der Waals surface area contributed by atoms with E-state index in [4.69, 9.17) is 0 Å². The molecular weight excluding hydrogens is 426 g/mol. The summed E-state index contributed by atoms with van der Waals surface area (Å²) >= 11 is 0. The molecule has 1 aliphatic rings. The van der Waals surface area contributed by atoms with Gasteiger partial charge in [0.05, 0.1) is 17.7 Å². The highest BCUT2D eigenvalue weighted by Crippen LogP contribution is 2.31. The molecule has 11 heteroatoms. The molecule has 0 aliphatic carbocycles. The minimum atomic E-state index is -4.46. The van der Waals surface area contributed by atoms with Gasteiger partial charge in [0.2, 0.25) is 5.91 Å². The van der Waals surface area contributed by atoms with Crippen LogP contribution in [0, 0.1) is 0 Å². The van der Waals surface area contributed by atoms with E-state index in [-0.39, 0.29) is 24.2 Å². The lowest BCUT2D eigenvalue weighted by atomic mass is 10.0. The van der Waals surface area contributed by atoms with E-state index < -0.39 is 23.5 Å². The number of nitrogens with zero attached hydrogens (tertiary/aromatic N) is 2. The number of rotatable bonds is 5. The Kier molecular flexibility index (Phi) is 6.61. The van der Waals surface area contributed by atoms with Crippen LogP contribution in [0.2, 0.25) is 0 Å². The second-order valence-electron chi connectivity index (χ2n) is 7.16. The summed E-state index contributed by atoms with van der Waals surface area (Å²) < 4.78 is 76.1. The first kappa shape index (κ1) is 22.7. The van der Waals surface area contributed by atoms with Gasteiger partial charge >= 0.3 is 12.4 Å². The Morgan fingerprint density at radius 1 is 1.00 bits per heavy atom. The third-order valence-corrected chi connectivity index (χ3v) is 4.90. The van der Waals surface area contributed by atoms with E-state index in [9.17, 15) is 31.1 Å². The molecule has 5 nitrogen and oxygen atoms in total. The Balaban J connectivity index is 1.45. The summed E-state index contributed by atoms with van der Waals surface area (Å²) in [6.07, 6.45) is -6.97. The maximum Gasteiger partial charge on any atom is 0.417 e. The number of amides is 1. The van der Waals surface area contributed by atoms with E-state index in [1.165, 1.54) is 18.2 Å². The molecule has 1 amide bonds.